The van der Waals surface area contributed by atoms with Crippen molar-refractivity contribution in [1.82, 2.24) is 4.98 Å². The molecule has 1 aliphatic heterocycles. The average molecular weight is 573 g/mol. The number of methoxy groups -OCH3 is 1. The Morgan fingerprint density at radius 3 is 2.55 bits per heavy atom. The van der Waals surface area contributed by atoms with Gasteiger partial charge in [-0.15, -0.1) is 0 Å². The minimum atomic E-state index is -1.10. The van der Waals surface area contributed by atoms with Crippen LogP contribution in [0.5, 0.6) is 5.75 Å². The van der Waals surface area contributed by atoms with Crippen molar-refractivity contribution in [1.29, 1.82) is 0 Å². The molecule has 8 nitrogen and oxygen atoms in total. The van der Waals surface area contributed by atoms with Gasteiger partial charge in [0.15, 0.2) is 5.13 Å². The number of halogens is 2. The van der Waals surface area contributed by atoms with E-state index in [0.717, 1.165) is 21.8 Å². The smallest absolute Gasteiger partial charge is 0.350 e. The molecule has 38 heavy (non-hydrogen) atoms. The molecule has 0 spiro atoms. The lowest BCUT2D eigenvalue weighted by molar-refractivity contribution is -0.132. The van der Waals surface area contributed by atoms with E-state index < -0.39 is 23.7 Å². The third kappa shape index (κ3) is 4.92. The number of aliphatic hydroxyl groups is 1. The van der Waals surface area contributed by atoms with Crippen LogP contribution in [-0.4, -0.2) is 41.5 Å². The molecule has 0 bridgehead atoms. The summed E-state index contributed by atoms with van der Waals surface area (Å²) in [6, 6.07) is 8.43. The Labute approximate surface area is 232 Å². The van der Waals surface area contributed by atoms with E-state index in [1.54, 1.807) is 38.1 Å². The van der Waals surface area contributed by atoms with Gasteiger partial charge in [-0.05, 0) is 55.3 Å². The van der Waals surface area contributed by atoms with Gasteiger partial charge in [0, 0.05) is 5.56 Å². The molecule has 1 aromatic heterocycles. The Morgan fingerprint density at radius 2 is 1.92 bits per heavy atom. The summed E-state index contributed by atoms with van der Waals surface area (Å²) in [5, 5.41) is 11.9. The number of benzene rings is 2. The molecule has 1 aliphatic rings. The fourth-order valence-corrected chi connectivity index (χ4v) is 5.38. The van der Waals surface area contributed by atoms with Gasteiger partial charge in [0.25, 0.3) is 5.78 Å². The zero-order valence-corrected chi connectivity index (χ0v) is 22.9. The molecule has 2 aromatic carbocycles. The zero-order chi connectivity index (χ0) is 27.7. The van der Waals surface area contributed by atoms with Crippen LogP contribution in [-0.2, 0) is 14.3 Å². The van der Waals surface area contributed by atoms with Crippen molar-refractivity contribution in [3.05, 3.63) is 91.9 Å². The van der Waals surface area contributed by atoms with Crippen molar-refractivity contribution in [2.75, 3.05) is 18.6 Å². The molecule has 3 aromatic rings. The number of anilines is 1. The van der Waals surface area contributed by atoms with Gasteiger partial charge in [-0.25, -0.2) is 9.78 Å². The van der Waals surface area contributed by atoms with Gasteiger partial charge >= 0.3 is 11.9 Å². The van der Waals surface area contributed by atoms with E-state index in [1.165, 1.54) is 25.3 Å². The number of esters is 1. The minimum absolute atomic E-state index is 0.000568. The second kappa shape index (κ2) is 11.0. The molecule has 0 saturated carbocycles. The van der Waals surface area contributed by atoms with E-state index in [1.807, 2.05) is 0 Å². The molecule has 1 N–H and O–H groups in total. The van der Waals surface area contributed by atoms with Crippen LogP contribution in [0.4, 0.5) is 5.13 Å². The molecule has 196 valence electrons. The minimum Gasteiger partial charge on any atom is -0.507 e. The van der Waals surface area contributed by atoms with Gasteiger partial charge < -0.3 is 14.6 Å². The van der Waals surface area contributed by atoms with Crippen LogP contribution in [0.3, 0.4) is 0 Å². The number of rotatable bonds is 7. The number of carbonyl (C=O) groups excluding carboxylic acids is 3. The first-order chi connectivity index (χ1) is 18.1. The molecule has 0 unspecified atom stereocenters. The molecule has 1 fully saturated rings. The fourth-order valence-electron chi connectivity index (χ4n) is 4.08. The number of nitrogens with zero attached hydrogens (tertiary/aromatic N) is 2. The number of ether oxygens (including phenoxy) is 2. The highest BCUT2D eigenvalue weighted by molar-refractivity contribution is 7.17. The first-order valence-corrected chi connectivity index (χ1v) is 12.8. The van der Waals surface area contributed by atoms with Crippen molar-refractivity contribution in [2.45, 2.75) is 19.9 Å². The predicted molar refractivity (Wildman–Crippen MR) is 146 cm³/mol. The highest BCUT2D eigenvalue weighted by Crippen LogP contribution is 2.45. The van der Waals surface area contributed by atoms with Crippen molar-refractivity contribution in [3.8, 4) is 5.75 Å². The third-order valence-corrected chi connectivity index (χ3v) is 7.76. The van der Waals surface area contributed by atoms with Crippen molar-refractivity contribution in [2.24, 2.45) is 0 Å². The molecule has 2 heterocycles. The second-order valence-electron chi connectivity index (χ2n) is 8.33. The van der Waals surface area contributed by atoms with Crippen LogP contribution in [0.15, 0.2) is 54.6 Å². The monoisotopic (exact) mass is 572 g/mol. The quantitative estimate of drug-likeness (QED) is 0.121. The Morgan fingerprint density at radius 1 is 1.18 bits per heavy atom. The lowest BCUT2D eigenvalue weighted by Crippen LogP contribution is -2.29. The molecular formula is C27H22Cl2N2O6S. The van der Waals surface area contributed by atoms with E-state index >= 15 is 0 Å². The van der Waals surface area contributed by atoms with Gasteiger partial charge in [0.1, 0.15) is 23.0 Å². The number of amides is 1. The van der Waals surface area contributed by atoms with Crippen LogP contribution >= 0.6 is 34.5 Å². The number of aliphatic hydroxyl groups excluding tert-OH is 1. The maximum atomic E-state index is 13.4. The average Bonchev–Trinajstić information content (AvgIpc) is 3.40. The second-order valence-corrected chi connectivity index (χ2v) is 10.1. The fraction of sp³-hybridized carbons (Fsp3) is 0.185. The molecule has 1 saturated heterocycles. The lowest BCUT2D eigenvalue weighted by Gasteiger charge is -2.23. The van der Waals surface area contributed by atoms with Gasteiger partial charge in [-0.3, -0.25) is 14.5 Å². The number of Topliss-reactive ketones (excluding diaryl/α,β-unsaturated/α-hetero) is 1. The highest BCUT2D eigenvalue weighted by atomic mass is 35.5. The van der Waals surface area contributed by atoms with Gasteiger partial charge in [0.2, 0.25) is 0 Å². The van der Waals surface area contributed by atoms with Crippen molar-refractivity contribution >= 4 is 63.1 Å². The summed E-state index contributed by atoms with van der Waals surface area (Å²) in [7, 11) is 1.52. The van der Waals surface area contributed by atoms with Gasteiger partial charge in [-0.1, -0.05) is 53.3 Å². The normalized spacial score (nSPS) is 16.6. The van der Waals surface area contributed by atoms with Crippen molar-refractivity contribution < 1.29 is 29.0 Å². The maximum absolute atomic E-state index is 13.4. The molecule has 11 heteroatoms. The van der Waals surface area contributed by atoms with E-state index in [-0.39, 0.29) is 38.0 Å². The number of carbonyl (C=O) groups is 3. The summed E-state index contributed by atoms with van der Waals surface area (Å²) < 4.78 is 10.4. The summed E-state index contributed by atoms with van der Waals surface area (Å²) >= 11 is 13.3. The third-order valence-electron chi connectivity index (χ3n) is 5.88. The SMILES string of the molecule is C=CCOC(=O)c1sc(N2C(=O)C(=O)/C(=C(/O)c3ccc(OC)c(C)c3)[C@@H]2c2ccc(Cl)c(Cl)c2)nc1C. The number of thiazole rings is 1. The standard InChI is InChI=1S/C27H22Cl2N2O6S/c1-5-10-37-26(35)24-14(3)30-27(38-24)31-21(15-6-8-17(28)18(29)12-15)20(23(33)25(31)34)22(32)16-7-9-19(36-4)13(2)11-16/h5-9,11-12,21,32H,1,10H2,2-4H3/b22-20+/t21-/m0/s1. The largest absolute Gasteiger partial charge is 0.507 e. The van der Waals surface area contributed by atoms with Gasteiger partial charge in [0.05, 0.1) is 34.5 Å². The van der Waals surface area contributed by atoms with Crippen LogP contribution in [0.2, 0.25) is 10.0 Å². The number of aryl methyl sites for hydroxylation is 2. The summed E-state index contributed by atoms with van der Waals surface area (Å²) in [5.41, 5.74) is 1.60. The lowest BCUT2D eigenvalue weighted by atomic mass is 9.95. The Bertz CT molecular complexity index is 1510. The topological polar surface area (TPSA) is 106 Å². The summed E-state index contributed by atoms with van der Waals surface area (Å²) in [6.45, 7) is 6.90. The Hall–Kier alpha value is -3.66. The van der Waals surface area contributed by atoms with E-state index in [2.05, 4.69) is 11.6 Å². The van der Waals surface area contributed by atoms with Crippen LogP contribution in [0, 0.1) is 13.8 Å². The van der Waals surface area contributed by atoms with E-state index in [4.69, 9.17) is 32.7 Å². The molecule has 0 aliphatic carbocycles. The summed E-state index contributed by atoms with van der Waals surface area (Å²) in [6.07, 6.45) is 1.43. The van der Waals surface area contributed by atoms with Crippen LogP contribution in [0.25, 0.3) is 5.76 Å². The van der Waals surface area contributed by atoms with Crippen molar-refractivity contribution in [3.63, 3.8) is 0 Å². The van der Waals surface area contributed by atoms with E-state index in [0.29, 0.717) is 22.6 Å². The van der Waals surface area contributed by atoms with E-state index in [9.17, 15) is 19.5 Å². The number of aromatic nitrogens is 1. The molecule has 1 amide bonds. The predicted octanol–water partition coefficient (Wildman–Crippen LogP) is 6.04. The first kappa shape index (κ1) is 27.4. The number of ketones is 1. The maximum Gasteiger partial charge on any atom is 0.350 e. The zero-order valence-electron chi connectivity index (χ0n) is 20.6. The Balaban J connectivity index is 1.91. The highest BCUT2D eigenvalue weighted by Gasteiger charge is 2.48. The number of hydrogen-bond acceptors (Lipinski definition) is 8. The van der Waals surface area contributed by atoms with Crippen LogP contribution < -0.4 is 9.64 Å². The molecule has 1 atom stereocenters. The molecule has 4 rings (SSSR count). The Kier molecular flexibility index (Phi) is 7.91. The number of hydrogen-bond donors (Lipinski definition) is 1. The van der Waals surface area contributed by atoms with Crippen LogP contribution in [0.1, 0.15) is 38.1 Å². The molecule has 0 radical (unpaired) electrons. The summed E-state index contributed by atoms with van der Waals surface area (Å²) in [4.78, 5) is 45.0. The molecular weight excluding hydrogens is 551 g/mol. The van der Waals surface area contributed by atoms with Gasteiger partial charge in [-0.2, -0.15) is 0 Å². The summed E-state index contributed by atoms with van der Waals surface area (Å²) in [5.74, 6) is -2.27. The first-order valence-electron chi connectivity index (χ1n) is 11.2.